The van der Waals surface area contributed by atoms with Crippen molar-refractivity contribution in [3.8, 4) is 0 Å². The number of sulfonamides is 1. The van der Waals surface area contributed by atoms with E-state index >= 15 is 0 Å². The second-order valence-electron chi connectivity index (χ2n) is 3.28. The van der Waals surface area contributed by atoms with Crippen molar-refractivity contribution >= 4 is 16.0 Å². The second kappa shape index (κ2) is 4.72. The highest BCUT2D eigenvalue weighted by atomic mass is 32.2. The van der Waals surface area contributed by atoms with Gasteiger partial charge >= 0.3 is 5.97 Å². The van der Waals surface area contributed by atoms with Gasteiger partial charge in [-0.25, -0.2) is 13.1 Å². The van der Waals surface area contributed by atoms with Crippen LogP contribution in [0.1, 0.15) is 12.8 Å². The molecule has 1 rings (SSSR count). The fourth-order valence-electron chi connectivity index (χ4n) is 0.984. The Labute approximate surface area is 82.7 Å². The third-order valence-electron chi connectivity index (χ3n) is 1.77. The molecule has 1 aliphatic rings. The smallest absolute Gasteiger partial charge is 0.320 e. The largest absolute Gasteiger partial charge is 0.480 e. The van der Waals surface area contributed by atoms with E-state index < -0.39 is 21.7 Å². The maximum Gasteiger partial charge on any atom is 0.320 e. The highest BCUT2D eigenvalue weighted by molar-refractivity contribution is 7.90. The summed E-state index contributed by atoms with van der Waals surface area (Å²) in [7, 11) is -3.65. The Bertz CT molecular complexity index is 297. The number of rotatable bonds is 7. The molecular weight excluding hydrogens is 208 g/mol. The van der Waals surface area contributed by atoms with Crippen LogP contribution in [0.15, 0.2) is 0 Å². The molecule has 3 N–H and O–H groups in total. The Morgan fingerprint density at radius 1 is 1.36 bits per heavy atom. The van der Waals surface area contributed by atoms with Crippen LogP contribution >= 0.6 is 0 Å². The van der Waals surface area contributed by atoms with E-state index in [-0.39, 0.29) is 6.54 Å². The van der Waals surface area contributed by atoms with Crippen molar-refractivity contribution in [1.82, 2.24) is 10.0 Å². The summed E-state index contributed by atoms with van der Waals surface area (Å²) in [6.45, 7) is 0.787. The molecular formula is C7H14N2O4S. The van der Waals surface area contributed by atoms with Gasteiger partial charge in [0.05, 0.1) is 0 Å². The van der Waals surface area contributed by atoms with Gasteiger partial charge in [-0.2, -0.15) is 0 Å². The normalized spacial score (nSPS) is 16.9. The quantitative estimate of drug-likeness (QED) is 0.467. The first kappa shape index (κ1) is 11.4. The van der Waals surface area contributed by atoms with Gasteiger partial charge in [0.2, 0.25) is 10.0 Å². The van der Waals surface area contributed by atoms with Crippen LogP contribution in [-0.2, 0) is 14.8 Å². The van der Waals surface area contributed by atoms with Crippen LogP contribution in [0.3, 0.4) is 0 Å². The summed E-state index contributed by atoms with van der Waals surface area (Å²) in [5.74, 6) is -2.20. The minimum atomic E-state index is -3.65. The number of carboxylic acid groups (broad SMARTS) is 1. The Balaban J connectivity index is 2.11. The average molecular weight is 222 g/mol. The Morgan fingerprint density at radius 2 is 2.00 bits per heavy atom. The van der Waals surface area contributed by atoms with Gasteiger partial charge in [-0.15, -0.1) is 0 Å². The first-order valence-electron chi connectivity index (χ1n) is 4.42. The number of hydrogen-bond acceptors (Lipinski definition) is 4. The minimum absolute atomic E-state index is 0.242. The molecule has 0 aromatic heterocycles. The SMILES string of the molecule is O=C(O)CS(=O)(=O)NCCNC1CC1. The van der Waals surface area contributed by atoms with Crippen molar-refractivity contribution in [2.24, 2.45) is 0 Å². The third kappa shape index (κ3) is 5.15. The summed E-state index contributed by atoms with van der Waals surface area (Å²) in [6, 6.07) is 0.527. The predicted molar refractivity (Wildman–Crippen MR) is 50.5 cm³/mol. The maximum absolute atomic E-state index is 11.0. The van der Waals surface area contributed by atoms with Crippen LogP contribution in [-0.4, -0.2) is 44.4 Å². The molecule has 1 saturated carbocycles. The number of carboxylic acids is 1. The van der Waals surface area contributed by atoms with Gasteiger partial charge in [0.15, 0.2) is 5.75 Å². The molecule has 0 saturated heterocycles. The lowest BCUT2D eigenvalue weighted by Crippen LogP contribution is -2.35. The van der Waals surface area contributed by atoms with E-state index in [1.54, 1.807) is 0 Å². The molecule has 0 aliphatic heterocycles. The van der Waals surface area contributed by atoms with Crippen LogP contribution in [0.25, 0.3) is 0 Å². The summed E-state index contributed by atoms with van der Waals surface area (Å²) >= 11 is 0. The fourth-order valence-corrected chi connectivity index (χ4v) is 1.82. The number of nitrogens with one attached hydrogen (secondary N) is 2. The van der Waals surface area contributed by atoms with Crippen molar-refractivity contribution in [3.05, 3.63) is 0 Å². The molecule has 0 radical (unpaired) electrons. The molecule has 1 aliphatic carbocycles. The van der Waals surface area contributed by atoms with Crippen molar-refractivity contribution in [2.45, 2.75) is 18.9 Å². The number of hydrogen-bond donors (Lipinski definition) is 3. The number of carbonyl (C=O) groups is 1. The Morgan fingerprint density at radius 3 is 2.50 bits per heavy atom. The van der Waals surface area contributed by atoms with E-state index in [2.05, 4.69) is 10.0 Å². The zero-order chi connectivity index (χ0) is 10.6. The van der Waals surface area contributed by atoms with Gasteiger partial charge in [0.1, 0.15) is 0 Å². The summed E-state index contributed by atoms with van der Waals surface area (Å²) in [4.78, 5) is 10.1. The summed E-state index contributed by atoms with van der Waals surface area (Å²) < 4.78 is 24.2. The lowest BCUT2D eigenvalue weighted by molar-refractivity contribution is -0.134. The Hall–Kier alpha value is -0.660. The van der Waals surface area contributed by atoms with Gasteiger partial charge in [-0.3, -0.25) is 4.79 Å². The van der Waals surface area contributed by atoms with Crippen LogP contribution in [0.5, 0.6) is 0 Å². The summed E-state index contributed by atoms with van der Waals surface area (Å²) in [5.41, 5.74) is 0. The van der Waals surface area contributed by atoms with Crippen molar-refractivity contribution in [1.29, 1.82) is 0 Å². The monoisotopic (exact) mass is 222 g/mol. The highest BCUT2D eigenvalue weighted by Crippen LogP contribution is 2.17. The van der Waals surface area contributed by atoms with Crippen LogP contribution in [0.4, 0.5) is 0 Å². The predicted octanol–water partition coefficient (Wildman–Crippen LogP) is -1.26. The summed E-state index contributed by atoms with van der Waals surface area (Å²) in [5, 5.41) is 11.4. The zero-order valence-electron chi connectivity index (χ0n) is 7.69. The van der Waals surface area contributed by atoms with Gasteiger partial charge in [0.25, 0.3) is 0 Å². The highest BCUT2D eigenvalue weighted by Gasteiger charge is 2.20. The van der Waals surface area contributed by atoms with Crippen LogP contribution < -0.4 is 10.0 Å². The van der Waals surface area contributed by atoms with E-state index in [9.17, 15) is 13.2 Å². The van der Waals surface area contributed by atoms with Crippen LogP contribution in [0, 0.1) is 0 Å². The molecule has 0 unspecified atom stereocenters. The average Bonchev–Trinajstić information content (AvgIpc) is 2.78. The van der Waals surface area contributed by atoms with Gasteiger partial charge in [-0.1, -0.05) is 0 Å². The van der Waals surface area contributed by atoms with Crippen molar-refractivity contribution < 1.29 is 18.3 Å². The minimum Gasteiger partial charge on any atom is -0.480 e. The van der Waals surface area contributed by atoms with Crippen molar-refractivity contribution in [3.63, 3.8) is 0 Å². The van der Waals surface area contributed by atoms with E-state index in [0.717, 1.165) is 12.8 Å². The molecule has 0 heterocycles. The molecule has 0 bridgehead atoms. The van der Waals surface area contributed by atoms with E-state index in [1.807, 2.05) is 0 Å². The summed E-state index contributed by atoms with van der Waals surface area (Å²) in [6.07, 6.45) is 2.28. The molecule has 1 fully saturated rings. The molecule has 0 aromatic carbocycles. The first-order chi connectivity index (χ1) is 6.49. The molecule has 7 heteroatoms. The number of aliphatic carboxylic acids is 1. The standard InChI is InChI=1S/C7H14N2O4S/c10-7(11)5-14(12,13)9-4-3-8-6-1-2-6/h6,8-9H,1-5H2,(H,10,11). The molecule has 0 atom stereocenters. The van der Waals surface area contributed by atoms with Gasteiger partial charge < -0.3 is 10.4 Å². The van der Waals surface area contributed by atoms with E-state index in [0.29, 0.717) is 12.6 Å². The zero-order valence-corrected chi connectivity index (χ0v) is 8.51. The second-order valence-corrected chi connectivity index (χ2v) is 5.08. The maximum atomic E-state index is 11.0. The van der Waals surface area contributed by atoms with Crippen LogP contribution in [0.2, 0.25) is 0 Å². The molecule has 14 heavy (non-hydrogen) atoms. The molecule has 0 aromatic rings. The first-order valence-corrected chi connectivity index (χ1v) is 6.07. The lowest BCUT2D eigenvalue weighted by atomic mass is 10.6. The fraction of sp³-hybridized carbons (Fsp3) is 0.857. The lowest BCUT2D eigenvalue weighted by Gasteiger charge is -2.04. The molecule has 82 valence electrons. The van der Waals surface area contributed by atoms with E-state index in [4.69, 9.17) is 5.11 Å². The molecule has 0 amide bonds. The molecule has 6 nitrogen and oxygen atoms in total. The third-order valence-corrected chi connectivity index (χ3v) is 3.04. The van der Waals surface area contributed by atoms with Gasteiger partial charge in [0, 0.05) is 19.1 Å². The topological polar surface area (TPSA) is 95.5 Å². The van der Waals surface area contributed by atoms with Gasteiger partial charge in [-0.05, 0) is 12.8 Å². The molecule has 0 spiro atoms. The van der Waals surface area contributed by atoms with Crippen molar-refractivity contribution in [2.75, 3.05) is 18.8 Å². The Kier molecular flexibility index (Phi) is 3.85. The van der Waals surface area contributed by atoms with E-state index in [1.165, 1.54) is 0 Å².